The van der Waals surface area contributed by atoms with Crippen LogP contribution in [-0.4, -0.2) is 12.6 Å². The molecule has 0 heterocycles. The Labute approximate surface area is 134 Å². The summed E-state index contributed by atoms with van der Waals surface area (Å²) in [6.07, 6.45) is -3.55. The molecule has 0 radical (unpaired) electrons. The van der Waals surface area contributed by atoms with Gasteiger partial charge in [0.15, 0.2) is 0 Å². The fourth-order valence-electron chi connectivity index (χ4n) is 1.55. The van der Waals surface area contributed by atoms with Crippen molar-refractivity contribution in [2.24, 2.45) is 5.10 Å². The van der Waals surface area contributed by atoms with Crippen LogP contribution >= 0.6 is 23.2 Å². The predicted octanol–water partition coefficient (Wildman–Crippen LogP) is 5.34. The summed E-state index contributed by atoms with van der Waals surface area (Å²) in [5.74, 6) is -0.581. The van der Waals surface area contributed by atoms with E-state index in [0.29, 0.717) is 5.56 Å². The molecule has 8 heteroatoms. The van der Waals surface area contributed by atoms with Gasteiger partial charge in [-0.15, -0.1) is 13.2 Å². The minimum absolute atomic E-state index is 0.0652. The second-order valence-electron chi connectivity index (χ2n) is 4.10. The van der Waals surface area contributed by atoms with E-state index < -0.39 is 12.1 Å². The quantitative estimate of drug-likeness (QED) is 0.597. The average Bonchev–Trinajstić information content (AvgIpc) is 2.44. The zero-order valence-corrected chi connectivity index (χ0v) is 12.4. The molecule has 0 aliphatic carbocycles. The maximum absolute atomic E-state index is 12.3. The zero-order valence-electron chi connectivity index (χ0n) is 10.9. The molecule has 22 heavy (non-hydrogen) atoms. The lowest BCUT2D eigenvalue weighted by Gasteiger charge is -2.11. The first-order chi connectivity index (χ1) is 10.3. The van der Waals surface area contributed by atoms with Crippen LogP contribution in [0.3, 0.4) is 0 Å². The van der Waals surface area contributed by atoms with Crippen LogP contribution in [0, 0.1) is 0 Å². The van der Waals surface area contributed by atoms with Gasteiger partial charge in [0, 0.05) is 0 Å². The van der Waals surface area contributed by atoms with Crippen molar-refractivity contribution in [3.63, 3.8) is 0 Å². The van der Waals surface area contributed by atoms with Crippen LogP contribution in [0.5, 0.6) is 5.75 Å². The van der Waals surface area contributed by atoms with Gasteiger partial charge < -0.3 is 4.74 Å². The number of nitrogens with zero attached hydrogens (tertiary/aromatic N) is 1. The van der Waals surface area contributed by atoms with Gasteiger partial charge in [-0.25, -0.2) is 0 Å². The van der Waals surface area contributed by atoms with Crippen LogP contribution in [0.15, 0.2) is 47.6 Å². The van der Waals surface area contributed by atoms with Gasteiger partial charge in [-0.05, 0) is 29.8 Å². The minimum Gasteiger partial charge on any atom is -0.404 e. The molecule has 1 N–H and O–H groups in total. The highest BCUT2D eigenvalue weighted by molar-refractivity contribution is 6.43. The normalized spacial score (nSPS) is 11.7. The SMILES string of the molecule is FC(F)(F)Oc1cc(C=NNc2ccccc2)cc(Cl)c1Cl. The number of halogens is 5. The van der Waals surface area contributed by atoms with Crippen molar-refractivity contribution in [2.75, 3.05) is 5.43 Å². The molecular weight excluding hydrogens is 340 g/mol. The largest absolute Gasteiger partial charge is 0.573 e. The fraction of sp³-hybridized carbons (Fsp3) is 0.0714. The van der Waals surface area contributed by atoms with Crippen molar-refractivity contribution in [1.82, 2.24) is 0 Å². The lowest BCUT2D eigenvalue weighted by molar-refractivity contribution is -0.274. The smallest absolute Gasteiger partial charge is 0.404 e. The van der Waals surface area contributed by atoms with Crippen molar-refractivity contribution in [2.45, 2.75) is 6.36 Å². The van der Waals surface area contributed by atoms with Gasteiger partial charge in [0.2, 0.25) is 0 Å². The van der Waals surface area contributed by atoms with Gasteiger partial charge in [0.05, 0.1) is 16.9 Å². The highest BCUT2D eigenvalue weighted by Crippen LogP contribution is 2.36. The summed E-state index contributed by atoms with van der Waals surface area (Å²) < 4.78 is 40.7. The monoisotopic (exact) mass is 348 g/mol. The summed E-state index contributed by atoms with van der Waals surface area (Å²) in [4.78, 5) is 0. The highest BCUT2D eigenvalue weighted by atomic mass is 35.5. The van der Waals surface area contributed by atoms with Crippen molar-refractivity contribution < 1.29 is 17.9 Å². The summed E-state index contributed by atoms with van der Waals surface area (Å²) >= 11 is 11.5. The summed E-state index contributed by atoms with van der Waals surface area (Å²) in [6, 6.07) is 11.5. The second kappa shape index (κ2) is 6.89. The Morgan fingerprint density at radius 1 is 1.09 bits per heavy atom. The number of hydrazone groups is 1. The summed E-state index contributed by atoms with van der Waals surface area (Å²) in [5, 5.41) is 3.53. The first-order valence-corrected chi connectivity index (χ1v) is 6.69. The Hall–Kier alpha value is -1.92. The lowest BCUT2D eigenvalue weighted by atomic mass is 10.2. The maximum atomic E-state index is 12.3. The molecule has 0 amide bonds. The molecule has 0 saturated carbocycles. The fourth-order valence-corrected chi connectivity index (χ4v) is 1.92. The molecule has 0 atom stereocenters. The molecule has 0 spiro atoms. The number of ether oxygens (including phenoxy) is 1. The number of hydrogen-bond donors (Lipinski definition) is 1. The van der Waals surface area contributed by atoms with Crippen molar-refractivity contribution in [3.8, 4) is 5.75 Å². The molecule has 0 unspecified atom stereocenters. The molecule has 0 aromatic heterocycles. The van der Waals surface area contributed by atoms with E-state index >= 15 is 0 Å². The summed E-state index contributed by atoms with van der Waals surface area (Å²) in [5.41, 5.74) is 3.76. The Morgan fingerprint density at radius 2 is 1.77 bits per heavy atom. The molecular formula is C14H9Cl2F3N2O. The number of hydrogen-bond acceptors (Lipinski definition) is 3. The van der Waals surface area contributed by atoms with E-state index in [4.69, 9.17) is 23.2 Å². The zero-order chi connectivity index (χ0) is 16.2. The van der Waals surface area contributed by atoms with E-state index in [1.54, 1.807) is 12.1 Å². The number of alkyl halides is 3. The predicted molar refractivity (Wildman–Crippen MR) is 80.8 cm³/mol. The van der Waals surface area contributed by atoms with E-state index in [0.717, 1.165) is 11.8 Å². The van der Waals surface area contributed by atoms with Crippen LogP contribution < -0.4 is 10.2 Å². The molecule has 0 bridgehead atoms. The minimum atomic E-state index is -4.86. The molecule has 0 saturated heterocycles. The molecule has 116 valence electrons. The van der Waals surface area contributed by atoms with Crippen LogP contribution in [0.25, 0.3) is 0 Å². The Morgan fingerprint density at radius 3 is 2.41 bits per heavy atom. The first-order valence-electron chi connectivity index (χ1n) is 5.94. The standard InChI is InChI=1S/C14H9Cl2F3N2O/c15-11-6-9(7-12(13(11)16)22-14(17,18)19)8-20-21-10-4-2-1-3-5-10/h1-8,21H. The molecule has 2 rings (SSSR count). The molecule has 0 fully saturated rings. The van der Waals surface area contributed by atoms with Crippen molar-refractivity contribution >= 4 is 35.1 Å². The molecule has 2 aromatic carbocycles. The van der Waals surface area contributed by atoms with Crippen LogP contribution in [0.4, 0.5) is 18.9 Å². The number of rotatable bonds is 4. The second-order valence-corrected chi connectivity index (χ2v) is 4.88. The first kappa shape index (κ1) is 16.5. The van der Waals surface area contributed by atoms with E-state index in [2.05, 4.69) is 15.3 Å². The van der Waals surface area contributed by atoms with Gasteiger partial charge in [0.25, 0.3) is 0 Å². The Bertz CT molecular complexity index is 676. The Balaban J connectivity index is 2.17. The third-order valence-corrected chi connectivity index (χ3v) is 3.21. The summed E-state index contributed by atoms with van der Waals surface area (Å²) in [6.45, 7) is 0. The van der Waals surface area contributed by atoms with Gasteiger partial charge in [-0.2, -0.15) is 5.10 Å². The van der Waals surface area contributed by atoms with E-state index in [1.165, 1.54) is 12.3 Å². The number of para-hydroxylation sites is 1. The van der Waals surface area contributed by atoms with Gasteiger partial charge in [-0.3, -0.25) is 5.43 Å². The third-order valence-electron chi connectivity index (χ3n) is 2.42. The molecule has 0 aliphatic rings. The van der Waals surface area contributed by atoms with Crippen LogP contribution in [-0.2, 0) is 0 Å². The molecule has 2 aromatic rings. The van der Waals surface area contributed by atoms with Gasteiger partial charge in [-0.1, -0.05) is 41.4 Å². The van der Waals surface area contributed by atoms with E-state index in [9.17, 15) is 13.2 Å². The lowest BCUT2D eigenvalue weighted by Crippen LogP contribution is -2.17. The van der Waals surface area contributed by atoms with Crippen molar-refractivity contribution in [3.05, 3.63) is 58.1 Å². The number of anilines is 1. The Kier molecular flexibility index (Phi) is 5.15. The average molecular weight is 349 g/mol. The highest BCUT2D eigenvalue weighted by Gasteiger charge is 2.32. The molecule has 0 aliphatic heterocycles. The maximum Gasteiger partial charge on any atom is 0.573 e. The number of nitrogens with one attached hydrogen (secondary N) is 1. The molecule has 3 nitrogen and oxygen atoms in total. The topological polar surface area (TPSA) is 33.6 Å². The van der Waals surface area contributed by atoms with E-state index in [1.807, 2.05) is 18.2 Å². The number of benzene rings is 2. The van der Waals surface area contributed by atoms with Gasteiger partial charge in [0.1, 0.15) is 10.8 Å². The van der Waals surface area contributed by atoms with E-state index in [-0.39, 0.29) is 10.0 Å². The third kappa shape index (κ3) is 4.82. The summed E-state index contributed by atoms with van der Waals surface area (Å²) in [7, 11) is 0. The van der Waals surface area contributed by atoms with Crippen LogP contribution in [0.2, 0.25) is 10.0 Å². The van der Waals surface area contributed by atoms with Crippen LogP contribution in [0.1, 0.15) is 5.56 Å². The van der Waals surface area contributed by atoms with Crippen molar-refractivity contribution in [1.29, 1.82) is 0 Å². The van der Waals surface area contributed by atoms with Gasteiger partial charge >= 0.3 is 6.36 Å².